The molecule has 2 rings (SSSR count). The van der Waals surface area contributed by atoms with Crippen molar-refractivity contribution in [1.29, 1.82) is 0 Å². The molecule has 1 atom stereocenters. The smallest absolute Gasteiger partial charge is 0.266 e. The monoisotopic (exact) mass is 369 g/mol. The zero-order valence-corrected chi connectivity index (χ0v) is 14.4. The van der Waals surface area contributed by atoms with Crippen LogP contribution in [0.4, 0.5) is 5.13 Å². The molecule has 1 aromatic heterocycles. The van der Waals surface area contributed by atoms with Gasteiger partial charge in [-0.25, -0.2) is 0 Å². The van der Waals surface area contributed by atoms with E-state index in [0.29, 0.717) is 10.9 Å². The van der Waals surface area contributed by atoms with E-state index in [2.05, 4.69) is 31.4 Å². The first-order valence-corrected chi connectivity index (χ1v) is 8.16. The molecule has 1 amide bonds. The summed E-state index contributed by atoms with van der Waals surface area (Å²) in [6.45, 7) is 5.68. The molecule has 0 fully saturated rings. The van der Waals surface area contributed by atoms with Gasteiger partial charge in [0.25, 0.3) is 5.91 Å². The van der Waals surface area contributed by atoms with E-state index < -0.39 is 6.10 Å². The summed E-state index contributed by atoms with van der Waals surface area (Å²) in [6.07, 6.45) is 0.175. The summed E-state index contributed by atoms with van der Waals surface area (Å²) in [5.74, 6) is 0.385. The SMILES string of the molecule is CCc1nnc(NC(=O)[C@H](C)Oc2ccc(C)cc2Br)s1. The van der Waals surface area contributed by atoms with Crippen molar-refractivity contribution in [3.63, 3.8) is 0 Å². The normalized spacial score (nSPS) is 12.0. The number of halogens is 1. The Balaban J connectivity index is 1.98. The molecule has 0 aliphatic rings. The van der Waals surface area contributed by atoms with Crippen LogP contribution in [0.1, 0.15) is 24.4 Å². The maximum Gasteiger partial charge on any atom is 0.266 e. The van der Waals surface area contributed by atoms with Crippen molar-refractivity contribution in [3.8, 4) is 5.75 Å². The number of ether oxygens (including phenoxy) is 1. The van der Waals surface area contributed by atoms with Gasteiger partial charge in [0, 0.05) is 0 Å². The molecule has 7 heteroatoms. The number of aryl methyl sites for hydroxylation is 2. The van der Waals surface area contributed by atoms with Gasteiger partial charge < -0.3 is 4.74 Å². The van der Waals surface area contributed by atoms with Gasteiger partial charge in [0.15, 0.2) is 6.10 Å². The number of carbonyl (C=O) groups excluding carboxylic acids is 1. The molecule has 0 bridgehead atoms. The minimum absolute atomic E-state index is 0.249. The van der Waals surface area contributed by atoms with Crippen LogP contribution >= 0.6 is 27.3 Å². The van der Waals surface area contributed by atoms with Gasteiger partial charge in [0.1, 0.15) is 10.8 Å². The second-order valence-electron chi connectivity index (χ2n) is 4.54. The molecule has 112 valence electrons. The van der Waals surface area contributed by atoms with Gasteiger partial charge in [0.2, 0.25) is 5.13 Å². The molecule has 5 nitrogen and oxygen atoms in total. The van der Waals surface area contributed by atoms with Gasteiger partial charge in [-0.2, -0.15) is 0 Å². The summed E-state index contributed by atoms with van der Waals surface area (Å²) in [5.41, 5.74) is 1.12. The lowest BCUT2D eigenvalue weighted by Crippen LogP contribution is -2.30. The van der Waals surface area contributed by atoms with Gasteiger partial charge in [-0.3, -0.25) is 10.1 Å². The largest absolute Gasteiger partial charge is 0.480 e. The Hall–Kier alpha value is -1.47. The van der Waals surface area contributed by atoms with E-state index in [4.69, 9.17) is 4.74 Å². The number of aromatic nitrogens is 2. The van der Waals surface area contributed by atoms with Crippen molar-refractivity contribution in [2.45, 2.75) is 33.3 Å². The number of carbonyl (C=O) groups is 1. The molecule has 21 heavy (non-hydrogen) atoms. The van der Waals surface area contributed by atoms with Crippen molar-refractivity contribution in [2.75, 3.05) is 5.32 Å². The summed E-state index contributed by atoms with van der Waals surface area (Å²) in [4.78, 5) is 12.1. The van der Waals surface area contributed by atoms with Crippen LogP contribution in [0, 0.1) is 6.92 Å². The lowest BCUT2D eigenvalue weighted by atomic mass is 10.2. The van der Waals surface area contributed by atoms with Crippen molar-refractivity contribution in [2.24, 2.45) is 0 Å². The lowest BCUT2D eigenvalue weighted by Gasteiger charge is -2.15. The van der Waals surface area contributed by atoms with Crippen LogP contribution in [0.2, 0.25) is 0 Å². The molecule has 1 heterocycles. The number of hydrogen-bond acceptors (Lipinski definition) is 5. The fourth-order valence-electron chi connectivity index (χ4n) is 1.60. The van der Waals surface area contributed by atoms with Crippen LogP contribution in [0.25, 0.3) is 0 Å². The Morgan fingerprint density at radius 1 is 1.48 bits per heavy atom. The maximum absolute atomic E-state index is 12.1. The highest BCUT2D eigenvalue weighted by atomic mass is 79.9. The first kappa shape index (κ1) is 15.9. The molecular weight excluding hydrogens is 354 g/mol. The Bertz CT molecular complexity index is 645. The number of nitrogens with one attached hydrogen (secondary N) is 1. The number of nitrogens with zero attached hydrogens (tertiary/aromatic N) is 2. The van der Waals surface area contributed by atoms with Gasteiger partial charge >= 0.3 is 0 Å². The maximum atomic E-state index is 12.1. The summed E-state index contributed by atoms with van der Waals surface area (Å²) in [5, 5.41) is 12.0. The molecule has 0 aliphatic heterocycles. The van der Waals surface area contributed by atoms with Crippen LogP contribution in [0.3, 0.4) is 0 Å². The number of benzene rings is 1. The fourth-order valence-corrected chi connectivity index (χ4v) is 2.87. The van der Waals surface area contributed by atoms with E-state index in [1.54, 1.807) is 6.92 Å². The second kappa shape index (κ2) is 7.00. The topological polar surface area (TPSA) is 64.1 Å². The third-order valence-electron chi connectivity index (χ3n) is 2.76. The van der Waals surface area contributed by atoms with E-state index in [0.717, 1.165) is 21.5 Å². The number of rotatable bonds is 5. The zero-order chi connectivity index (χ0) is 15.4. The molecule has 0 saturated heterocycles. The highest BCUT2D eigenvalue weighted by Crippen LogP contribution is 2.27. The Morgan fingerprint density at radius 2 is 2.24 bits per heavy atom. The Kier molecular flexibility index (Phi) is 5.30. The highest BCUT2D eigenvalue weighted by molar-refractivity contribution is 9.10. The van der Waals surface area contributed by atoms with Crippen molar-refractivity contribution in [1.82, 2.24) is 10.2 Å². The molecule has 1 N–H and O–H groups in total. The Labute approximate surface area is 135 Å². The third-order valence-corrected chi connectivity index (χ3v) is 4.36. The quantitative estimate of drug-likeness (QED) is 0.874. The lowest BCUT2D eigenvalue weighted by molar-refractivity contribution is -0.122. The van der Waals surface area contributed by atoms with E-state index in [1.807, 2.05) is 32.0 Å². The van der Waals surface area contributed by atoms with Crippen molar-refractivity contribution >= 4 is 38.3 Å². The summed E-state index contributed by atoms with van der Waals surface area (Å²) in [6, 6.07) is 5.71. The third kappa shape index (κ3) is 4.25. The number of anilines is 1. The van der Waals surface area contributed by atoms with Crippen molar-refractivity contribution < 1.29 is 9.53 Å². The van der Waals surface area contributed by atoms with Crippen LogP contribution < -0.4 is 10.1 Å². The molecule has 0 saturated carbocycles. The highest BCUT2D eigenvalue weighted by Gasteiger charge is 2.17. The Morgan fingerprint density at radius 3 is 2.86 bits per heavy atom. The van der Waals surface area contributed by atoms with E-state index in [1.165, 1.54) is 11.3 Å². The van der Waals surface area contributed by atoms with E-state index >= 15 is 0 Å². The van der Waals surface area contributed by atoms with Crippen LogP contribution in [0.5, 0.6) is 5.75 Å². The summed E-state index contributed by atoms with van der Waals surface area (Å²) < 4.78 is 6.49. The van der Waals surface area contributed by atoms with Gasteiger partial charge in [-0.15, -0.1) is 10.2 Å². The molecule has 1 aromatic carbocycles. The predicted molar refractivity (Wildman–Crippen MR) is 86.9 cm³/mol. The molecule has 0 aliphatic carbocycles. The van der Waals surface area contributed by atoms with E-state index in [-0.39, 0.29) is 5.91 Å². The minimum atomic E-state index is -0.627. The average Bonchev–Trinajstić information content (AvgIpc) is 2.89. The number of amides is 1. The van der Waals surface area contributed by atoms with Crippen LogP contribution in [-0.4, -0.2) is 22.2 Å². The molecule has 0 unspecified atom stereocenters. The number of hydrogen-bond donors (Lipinski definition) is 1. The van der Waals surface area contributed by atoms with Crippen molar-refractivity contribution in [3.05, 3.63) is 33.2 Å². The second-order valence-corrected chi connectivity index (χ2v) is 6.45. The zero-order valence-electron chi connectivity index (χ0n) is 12.0. The minimum Gasteiger partial charge on any atom is -0.480 e. The standard InChI is InChI=1S/C14H16BrN3O2S/c1-4-12-17-18-14(21-12)16-13(19)9(3)20-11-6-5-8(2)7-10(11)15/h5-7,9H,4H2,1-3H3,(H,16,18,19)/t9-/m0/s1. The average molecular weight is 370 g/mol. The van der Waals surface area contributed by atoms with Crippen LogP contribution in [0.15, 0.2) is 22.7 Å². The summed E-state index contributed by atoms with van der Waals surface area (Å²) in [7, 11) is 0. The molecule has 2 aromatic rings. The first-order chi connectivity index (χ1) is 9.99. The van der Waals surface area contributed by atoms with Gasteiger partial charge in [-0.1, -0.05) is 24.3 Å². The van der Waals surface area contributed by atoms with E-state index in [9.17, 15) is 4.79 Å². The fraction of sp³-hybridized carbons (Fsp3) is 0.357. The molecular formula is C14H16BrN3O2S. The van der Waals surface area contributed by atoms with Gasteiger partial charge in [-0.05, 0) is 53.9 Å². The molecule has 0 radical (unpaired) electrons. The molecule has 0 spiro atoms. The predicted octanol–water partition coefficient (Wildman–Crippen LogP) is 3.58. The summed E-state index contributed by atoms with van der Waals surface area (Å²) >= 11 is 4.80. The van der Waals surface area contributed by atoms with Gasteiger partial charge in [0.05, 0.1) is 4.47 Å². The first-order valence-electron chi connectivity index (χ1n) is 6.55. The van der Waals surface area contributed by atoms with Crippen LogP contribution in [-0.2, 0) is 11.2 Å².